The first-order valence-electron chi connectivity index (χ1n) is 6.40. The highest BCUT2D eigenvalue weighted by Crippen LogP contribution is 2.25. The van der Waals surface area contributed by atoms with Crippen LogP contribution in [0.25, 0.3) is 0 Å². The molecule has 0 N–H and O–H groups in total. The molecule has 0 bridgehead atoms. The van der Waals surface area contributed by atoms with Crippen LogP contribution in [-0.2, 0) is 6.61 Å². The minimum atomic E-state index is 0.496. The van der Waals surface area contributed by atoms with E-state index in [-0.39, 0.29) is 0 Å². The van der Waals surface area contributed by atoms with Crippen molar-refractivity contribution in [3.05, 3.63) is 57.8 Å². The normalized spacial score (nSPS) is 10.8. The van der Waals surface area contributed by atoms with Gasteiger partial charge in [0.15, 0.2) is 0 Å². The van der Waals surface area contributed by atoms with Gasteiger partial charge in [0, 0.05) is 10.7 Å². The van der Waals surface area contributed by atoms with Gasteiger partial charge in [0.05, 0.1) is 5.69 Å². The summed E-state index contributed by atoms with van der Waals surface area (Å²) in [5.74, 6) is 1.45. The second-order valence-corrected chi connectivity index (χ2v) is 5.85. The van der Waals surface area contributed by atoms with Gasteiger partial charge in [-0.25, -0.2) is 0 Å². The molecule has 0 saturated carbocycles. The van der Waals surface area contributed by atoms with Gasteiger partial charge in [-0.1, -0.05) is 26.0 Å². The van der Waals surface area contributed by atoms with Crippen LogP contribution in [0.2, 0.25) is 0 Å². The summed E-state index contributed by atoms with van der Waals surface area (Å²) in [4.78, 5) is 4.31. The molecule has 1 aromatic heterocycles. The quantitative estimate of drug-likeness (QED) is 0.803. The maximum atomic E-state index is 5.88. The van der Waals surface area contributed by atoms with E-state index in [0.29, 0.717) is 12.5 Å². The van der Waals surface area contributed by atoms with Gasteiger partial charge in [-0.15, -0.1) is 0 Å². The van der Waals surface area contributed by atoms with Crippen LogP contribution in [0.1, 0.15) is 36.6 Å². The Bertz CT molecular complexity index is 549. The van der Waals surface area contributed by atoms with Gasteiger partial charge < -0.3 is 4.74 Å². The third-order valence-corrected chi connectivity index (χ3v) is 3.51. The number of halogens is 1. The minimum absolute atomic E-state index is 0.496. The summed E-state index contributed by atoms with van der Waals surface area (Å²) in [6.45, 7) is 6.93. The molecular weight excluding hydrogens is 302 g/mol. The second kappa shape index (κ2) is 6.20. The summed E-state index contributed by atoms with van der Waals surface area (Å²) in [5, 5.41) is 0. The van der Waals surface area contributed by atoms with Crippen LogP contribution < -0.4 is 4.74 Å². The third kappa shape index (κ3) is 3.80. The van der Waals surface area contributed by atoms with Crippen molar-refractivity contribution in [1.29, 1.82) is 0 Å². The van der Waals surface area contributed by atoms with Crippen molar-refractivity contribution in [2.45, 2.75) is 33.3 Å². The average molecular weight is 320 g/mol. The molecule has 0 aliphatic heterocycles. The SMILES string of the molecule is Cc1ccc(C(C)C)cc1OCc1ccc(Br)cn1. The lowest BCUT2D eigenvalue weighted by Crippen LogP contribution is -2.00. The zero-order chi connectivity index (χ0) is 13.8. The second-order valence-electron chi connectivity index (χ2n) is 4.94. The highest BCUT2D eigenvalue weighted by atomic mass is 79.9. The number of ether oxygens (including phenoxy) is 1. The number of aromatic nitrogens is 1. The molecule has 3 heteroatoms. The topological polar surface area (TPSA) is 22.1 Å². The van der Waals surface area contributed by atoms with Crippen LogP contribution in [0.3, 0.4) is 0 Å². The molecule has 0 aliphatic rings. The summed E-state index contributed by atoms with van der Waals surface area (Å²) in [7, 11) is 0. The first-order valence-corrected chi connectivity index (χ1v) is 7.19. The lowest BCUT2D eigenvalue weighted by atomic mass is 10.0. The van der Waals surface area contributed by atoms with E-state index in [1.807, 2.05) is 12.1 Å². The molecular formula is C16H18BrNO. The zero-order valence-corrected chi connectivity index (χ0v) is 13.1. The van der Waals surface area contributed by atoms with Crippen molar-refractivity contribution < 1.29 is 4.74 Å². The summed E-state index contributed by atoms with van der Waals surface area (Å²) < 4.78 is 6.86. The molecule has 2 nitrogen and oxygen atoms in total. The lowest BCUT2D eigenvalue weighted by Gasteiger charge is -2.12. The summed E-state index contributed by atoms with van der Waals surface area (Å²) >= 11 is 3.38. The van der Waals surface area contributed by atoms with E-state index in [1.54, 1.807) is 6.20 Å². The van der Waals surface area contributed by atoms with Gasteiger partial charge >= 0.3 is 0 Å². The van der Waals surface area contributed by atoms with Crippen LogP contribution in [0.4, 0.5) is 0 Å². The lowest BCUT2D eigenvalue weighted by molar-refractivity contribution is 0.299. The van der Waals surface area contributed by atoms with E-state index in [2.05, 4.69) is 59.9 Å². The summed E-state index contributed by atoms with van der Waals surface area (Å²) in [5.41, 5.74) is 3.38. The molecule has 0 unspecified atom stereocenters. The number of benzene rings is 1. The Morgan fingerprint density at radius 3 is 2.63 bits per heavy atom. The van der Waals surface area contributed by atoms with Gasteiger partial charge in [-0.05, 0) is 58.1 Å². The highest BCUT2D eigenvalue weighted by molar-refractivity contribution is 9.10. The fourth-order valence-corrected chi connectivity index (χ4v) is 2.01. The molecule has 2 rings (SSSR count). The molecule has 0 fully saturated rings. The molecule has 19 heavy (non-hydrogen) atoms. The Morgan fingerprint density at radius 1 is 1.21 bits per heavy atom. The predicted octanol–water partition coefficient (Wildman–Crippen LogP) is 4.85. The van der Waals surface area contributed by atoms with Crippen molar-refractivity contribution in [3.8, 4) is 5.75 Å². The van der Waals surface area contributed by atoms with Crippen molar-refractivity contribution in [2.75, 3.05) is 0 Å². The van der Waals surface area contributed by atoms with Gasteiger partial charge in [0.1, 0.15) is 12.4 Å². The van der Waals surface area contributed by atoms with E-state index >= 15 is 0 Å². The van der Waals surface area contributed by atoms with Crippen molar-refractivity contribution in [2.24, 2.45) is 0 Å². The molecule has 0 atom stereocenters. The third-order valence-electron chi connectivity index (χ3n) is 3.04. The Labute approximate surface area is 123 Å². The predicted molar refractivity (Wildman–Crippen MR) is 81.5 cm³/mol. The van der Waals surface area contributed by atoms with E-state index in [1.165, 1.54) is 5.56 Å². The number of rotatable bonds is 4. The van der Waals surface area contributed by atoms with Gasteiger partial charge in [0.2, 0.25) is 0 Å². The molecule has 100 valence electrons. The first kappa shape index (κ1) is 14.1. The van der Waals surface area contributed by atoms with Gasteiger partial charge in [-0.3, -0.25) is 4.98 Å². The fourth-order valence-electron chi connectivity index (χ4n) is 1.77. The molecule has 0 spiro atoms. The Kier molecular flexibility index (Phi) is 4.59. The first-order chi connectivity index (χ1) is 9.06. The number of hydrogen-bond acceptors (Lipinski definition) is 2. The number of pyridine rings is 1. The summed E-state index contributed by atoms with van der Waals surface area (Å²) in [6.07, 6.45) is 1.79. The molecule has 1 aromatic carbocycles. The number of nitrogens with zero attached hydrogens (tertiary/aromatic N) is 1. The van der Waals surface area contributed by atoms with Gasteiger partial charge in [-0.2, -0.15) is 0 Å². The van der Waals surface area contributed by atoms with E-state index in [9.17, 15) is 0 Å². The smallest absolute Gasteiger partial charge is 0.130 e. The summed E-state index contributed by atoms with van der Waals surface area (Å²) in [6, 6.07) is 10.3. The molecule has 2 aromatic rings. The molecule has 0 saturated heterocycles. The Hall–Kier alpha value is -1.35. The van der Waals surface area contributed by atoms with E-state index < -0.39 is 0 Å². The maximum absolute atomic E-state index is 5.88. The standard InChI is InChI=1S/C16H18BrNO/c1-11(2)13-5-4-12(3)16(8-13)19-10-15-7-6-14(17)9-18-15/h4-9,11H,10H2,1-3H3. The largest absolute Gasteiger partial charge is 0.487 e. The molecule has 0 radical (unpaired) electrons. The van der Waals surface area contributed by atoms with Crippen molar-refractivity contribution in [3.63, 3.8) is 0 Å². The minimum Gasteiger partial charge on any atom is -0.487 e. The zero-order valence-electron chi connectivity index (χ0n) is 11.5. The molecule has 1 heterocycles. The van der Waals surface area contributed by atoms with Crippen molar-refractivity contribution in [1.82, 2.24) is 4.98 Å². The number of hydrogen-bond donors (Lipinski definition) is 0. The van der Waals surface area contributed by atoms with E-state index in [4.69, 9.17) is 4.74 Å². The highest BCUT2D eigenvalue weighted by Gasteiger charge is 2.05. The Morgan fingerprint density at radius 2 is 2.00 bits per heavy atom. The molecule has 0 aliphatic carbocycles. The van der Waals surface area contributed by atoms with Crippen LogP contribution in [-0.4, -0.2) is 4.98 Å². The van der Waals surface area contributed by atoms with Crippen LogP contribution >= 0.6 is 15.9 Å². The van der Waals surface area contributed by atoms with E-state index in [0.717, 1.165) is 21.5 Å². The number of aryl methyl sites for hydroxylation is 1. The van der Waals surface area contributed by atoms with Crippen LogP contribution in [0.15, 0.2) is 41.0 Å². The average Bonchev–Trinajstić information content (AvgIpc) is 2.39. The monoisotopic (exact) mass is 319 g/mol. The van der Waals surface area contributed by atoms with Crippen LogP contribution in [0.5, 0.6) is 5.75 Å². The Balaban J connectivity index is 2.10. The molecule has 0 amide bonds. The maximum Gasteiger partial charge on any atom is 0.130 e. The van der Waals surface area contributed by atoms with Gasteiger partial charge in [0.25, 0.3) is 0 Å². The fraction of sp³-hybridized carbons (Fsp3) is 0.312. The van der Waals surface area contributed by atoms with Crippen LogP contribution in [0, 0.1) is 6.92 Å². The van der Waals surface area contributed by atoms with Crippen molar-refractivity contribution >= 4 is 15.9 Å².